The average Bonchev–Trinajstić information content (AvgIpc) is 2.85. The van der Waals surface area contributed by atoms with Crippen LogP contribution in [0.5, 0.6) is 0 Å². The number of para-hydroxylation sites is 1. The van der Waals surface area contributed by atoms with Gasteiger partial charge in [0.2, 0.25) is 0 Å². The minimum absolute atomic E-state index is 0.414. The Labute approximate surface area is 80.2 Å². The number of hydrogen-bond donors (Lipinski definition) is 0. The smallest absolute Gasteiger partial charge is 0.261 e. The first kappa shape index (κ1) is 7.90. The third-order valence-electron chi connectivity index (χ3n) is 2.18. The molecule has 5 nitrogen and oxygen atoms in total. The molecule has 2 aromatic rings. The van der Waals surface area contributed by atoms with Gasteiger partial charge in [0.25, 0.3) is 6.41 Å². The van der Waals surface area contributed by atoms with Gasteiger partial charge in [-0.15, -0.1) is 5.10 Å². The zero-order valence-corrected chi connectivity index (χ0v) is 7.46. The van der Waals surface area contributed by atoms with Crippen LogP contribution in [-0.4, -0.2) is 28.2 Å². The van der Waals surface area contributed by atoms with Crippen LogP contribution in [0.4, 0.5) is 0 Å². The molecular weight excluding hydrogens is 182 g/mol. The SMILES string of the molecule is c1ccc2c(c1)nnn2C1OCCO1. The van der Waals surface area contributed by atoms with Crippen LogP contribution in [0.15, 0.2) is 24.3 Å². The molecule has 72 valence electrons. The van der Waals surface area contributed by atoms with Crippen LogP contribution in [0, 0.1) is 0 Å². The fourth-order valence-electron chi connectivity index (χ4n) is 1.53. The summed E-state index contributed by atoms with van der Waals surface area (Å²) in [5.74, 6) is 0. The Morgan fingerprint density at radius 2 is 2.00 bits per heavy atom. The maximum Gasteiger partial charge on any atom is 0.261 e. The van der Waals surface area contributed by atoms with Crippen LogP contribution >= 0.6 is 0 Å². The van der Waals surface area contributed by atoms with E-state index in [0.717, 1.165) is 11.0 Å². The summed E-state index contributed by atoms with van der Waals surface area (Å²) < 4.78 is 12.3. The minimum Gasteiger partial charge on any atom is -0.331 e. The van der Waals surface area contributed by atoms with Crippen molar-refractivity contribution >= 4 is 11.0 Å². The first-order chi connectivity index (χ1) is 6.95. The van der Waals surface area contributed by atoms with Crippen LogP contribution in [-0.2, 0) is 9.47 Å². The molecule has 1 aliphatic rings. The minimum atomic E-state index is -0.414. The highest BCUT2D eigenvalue weighted by Gasteiger charge is 2.20. The molecule has 0 atom stereocenters. The van der Waals surface area contributed by atoms with Gasteiger partial charge in [0.05, 0.1) is 18.7 Å². The second-order valence-corrected chi connectivity index (χ2v) is 3.07. The number of aromatic nitrogens is 3. The molecule has 0 amide bonds. The zero-order chi connectivity index (χ0) is 9.38. The van der Waals surface area contributed by atoms with E-state index in [1.165, 1.54) is 0 Å². The highest BCUT2D eigenvalue weighted by molar-refractivity contribution is 5.73. The number of fused-ring (bicyclic) bond motifs is 1. The molecule has 3 rings (SSSR count). The van der Waals surface area contributed by atoms with E-state index in [-0.39, 0.29) is 0 Å². The summed E-state index contributed by atoms with van der Waals surface area (Å²) in [6, 6.07) is 7.73. The molecule has 14 heavy (non-hydrogen) atoms. The van der Waals surface area contributed by atoms with Crippen molar-refractivity contribution in [1.29, 1.82) is 0 Å². The van der Waals surface area contributed by atoms with E-state index in [4.69, 9.17) is 9.47 Å². The molecule has 0 bridgehead atoms. The van der Waals surface area contributed by atoms with E-state index in [1.54, 1.807) is 4.68 Å². The van der Waals surface area contributed by atoms with Gasteiger partial charge in [0.15, 0.2) is 0 Å². The summed E-state index contributed by atoms with van der Waals surface area (Å²) in [4.78, 5) is 0. The molecule has 5 heteroatoms. The lowest BCUT2D eigenvalue weighted by molar-refractivity contribution is -0.107. The predicted molar refractivity (Wildman–Crippen MR) is 48.5 cm³/mol. The highest BCUT2D eigenvalue weighted by atomic mass is 16.7. The summed E-state index contributed by atoms with van der Waals surface area (Å²) in [6.07, 6.45) is -0.414. The lowest BCUT2D eigenvalue weighted by Crippen LogP contribution is -2.10. The van der Waals surface area contributed by atoms with Gasteiger partial charge in [-0.05, 0) is 12.1 Å². The third kappa shape index (κ3) is 1.10. The molecule has 0 radical (unpaired) electrons. The topological polar surface area (TPSA) is 49.2 Å². The lowest BCUT2D eigenvalue weighted by Gasteiger charge is -2.08. The van der Waals surface area contributed by atoms with Gasteiger partial charge in [-0.3, -0.25) is 0 Å². The summed E-state index contributed by atoms with van der Waals surface area (Å²) in [7, 11) is 0. The molecular formula is C9H9N3O2. The molecule has 0 saturated carbocycles. The van der Waals surface area contributed by atoms with Gasteiger partial charge in [-0.1, -0.05) is 17.3 Å². The summed E-state index contributed by atoms with van der Waals surface area (Å²) in [6.45, 7) is 1.22. The normalized spacial score (nSPS) is 18.0. The number of benzene rings is 1. The maximum absolute atomic E-state index is 5.34. The fraction of sp³-hybridized carbons (Fsp3) is 0.333. The number of ether oxygens (including phenoxy) is 2. The van der Waals surface area contributed by atoms with Crippen LogP contribution in [0.1, 0.15) is 6.41 Å². The van der Waals surface area contributed by atoms with Gasteiger partial charge in [0, 0.05) is 0 Å². The van der Waals surface area contributed by atoms with Crippen molar-refractivity contribution < 1.29 is 9.47 Å². The van der Waals surface area contributed by atoms with Crippen molar-refractivity contribution in [2.24, 2.45) is 0 Å². The first-order valence-electron chi connectivity index (χ1n) is 4.48. The maximum atomic E-state index is 5.34. The van der Waals surface area contributed by atoms with Crippen molar-refractivity contribution in [3.05, 3.63) is 24.3 Å². The second kappa shape index (κ2) is 3.04. The van der Waals surface area contributed by atoms with Crippen molar-refractivity contribution in [3.63, 3.8) is 0 Å². The Hall–Kier alpha value is -1.46. The molecule has 0 N–H and O–H groups in total. The van der Waals surface area contributed by atoms with Crippen molar-refractivity contribution in [2.75, 3.05) is 13.2 Å². The Morgan fingerprint density at radius 3 is 2.86 bits per heavy atom. The van der Waals surface area contributed by atoms with E-state index < -0.39 is 6.41 Å². The Kier molecular flexibility index (Phi) is 1.71. The van der Waals surface area contributed by atoms with E-state index in [2.05, 4.69) is 10.3 Å². The summed E-state index contributed by atoms with van der Waals surface area (Å²) >= 11 is 0. The molecule has 0 unspecified atom stereocenters. The van der Waals surface area contributed by atoms with Crippen molar-refractivity contribution in [3.8, 4) is 0 Å². The zero-order valence-electron chi connectivity index (χ0n) is 7.46. The molecule has 1 saturated heterocycles. The van der Waals surface area contributed by atoms with Crippen LogP contribution in [0.2, 0.25) is 0 Å². The number of rotatable bonds is 1. The Balaban J connectivity index is 2.11. The summed E-state index contributed by atoms with van der Waals surface area (Å²) in [5.41, 5.74) is 1.78. The van der Waals surface area contributed by atoms with Gasteiger partial charge in [-0.2, -0.15) is 4.68 Å². The van der Waals surface area contributed by atoms with Gasteiger partial charge >= 0.3 is 0 Å². The number of nitrogens with zero attached hydrogens (tertiary/aromatic N) is 3. The van der Waals surface area contributed by atoms with Crippen LogP contribution in [0.3, 0.4) is 0 Å². The standard InChI is InChI=1S/C9H9N3O2/c1-2-4-8-7(3-1)10-11-12(8)9-13-5-6-14-9/h1-4,9H,5-6H2. The monoisotopic (exact) mass is 191 g/mol. The third-order valence-corrected chi connectivity index (χ3v) is 2.18. The molecule has 0 aliphatic carbocycles. The molecule has 1 fully saturated rings. The van der Waals surface area contributed by atoms with Crippen LogP contribution in [0.25, 0.3) is 11.0 Å². The second-order valence-electron chi connectivity index (χ2n) is 3.07. The van der Waals surface area contributed by atoms with E-state index in [0.29, 0.717) is 13.2 Å². The quantitative estimate of drug-likeness (QED) is 0.673. The highest BCUT2D eigenvalue weighted by Crippen LogP contribution is 2.20. The first-order valence-corrected chi connectivity index (χ1v) is 4.48. The Morgan fingerprint density at radius 1 is 1.21 bits per heavy atom. The van der Waals surface area contributed by atoms with Gasteiger partial charge in [0.1, 0.15) is 5.52 Å². The number of hydrogen-bond acceptors (Lipinski definition) is 4. The molecule has 1 aliphatic heterocycles. The average molecular weight is 191 g/mol. The van der Waals surface area contributed by atoms with E-state index in [1.807, 2.05) is 24.3 Å². The lowest BCUT2D eigenvalue weighted by atomic mass is 10.3. The molecule has 1 aromatic heterocycles. The molecule has 0 spiro atoms. The largest absolute Gasteiger partial charge is 0.331 e. The summed E-state index contributed by atoms with van der Waals surface area (Å²) in [5, 5.41) is 8.01. The van der Waals surface area contributed by atoms with E-state index >= 15 is 0 Å². The predicted octanol–water partition coefficient (Wildman–Crippen LogP) is 0.934. The van der Waals surface area contributed by atoms with Gasteiger partial charge < -0.3 is 9.47 Å². The van der Waals surface area contributed by atoms with Crippen molar-refractivity contribution in [2.45, 2.75) is 6.41 Å². The fourth-order valence-corrected chi connectivity index (χ4v) is 1.53. The van der Waals surface area contributed by atoms with Crippen LogP contribution < -0.4 is 0 Å². The van der Waals surface area contributed by atoms with Crippen molar-refractivity contribution in [1.82, 2.24) is 15.0 Å². The Bertz CT molecular complexity index is 448. The molecule has 1 aromatic carbocycles. The molecule has 2 heterocycles. The van der Waals surface area contributed by atoms with Gasteiger partial charge in [-0.25, -0.2) is 0 Å². The van der Waals surface area contributed by atoms with E-state index in [9.17, 15) is 0 Å².